The van der Waals surface area contributed by atoms with Crippen LogP contribution in [-0.4, -0.2) is 67.2 Å². The second kappa shape index (κ2) is 17.6. The Kier molecular flexibility index (Phi) is 12.9. The highest BCUT2D eigenvalue weighted by molar-refractivity contribution is 7.13. The van der Waals surface area contributed by atoms with Crippen LogP contribution in [0.15, 0.2) is 53.9 Å². The first-order valence-corrected chi connectivity index (χ1v) is 19.0. The molecule has 0 atom stereocenters. The Morgan fingerprint density at radius 2 is 1.67 bits per heavy atom. The van der Waals surface area contributed by atoms with Crippen molar-refractivity contribution < 1.29 is 38.2 Å². The molecule has 5 rings (SSSR count). The second-order valence-corrected chi connectivity index (χ2v) is 15.3. The molecule has 290 valence electrons. The minimum Gasteiger partial charge on any atom is -0.493 e. The van der Waals surface area contributed by atoms with Crippen LogP contribution in [0.1, 0.15) is 101 Å². The van der Waals surface area contributed by atoms with Gasteiger partial charge in [-0.05, 0) is 92.1 Å². The zero-order valence-corrected chi connectivity index (χ0v) is 33.0. The topological polar surface area (TPSA) is 174 Å². The molecular formula is C41H47N5O8S. The number of nitrogens with one attached hydrogen (secondary N) is 4. The summed E-state index contributed by atoms with van der Waals surface area (Å²) in [6.45, 7) is 12.4. The molecule has 0 saturated carbocycles. The third kappa shape index (κ3) is 10.1. The summed E-state index contributed by atoms with van der Waals surface area (Å²) in [6, 6.07) is 13.4. The number of methoxy groups -OCH3 is 1. The molecule has 4 N–H and O–H groups in total. The molecule has 0 fully saturated rings. The summed E-state index contributed by atoms with van der Waals surface area (Å²) in [5, 5.41) is 13.3. The van der Waals surface area contributed by atoms with Crippen molar-refractivity contribution in [1.82, 2.24) is 20.9 Å². The molecule has 4 amide bonds. The number of amides is 4. The molecule has 1 aliphatic rings. The Morgan fingerprint density at radius 1 is 0.891 bits per heavy atom. The van der Waals surface area contributed by atoms with Gasteiger partial charge in [-0.1, -0.05) is 26.8 Å². The summed E-state index contributed by atoms with van der Waals surface area (Å²) in [6.07, 6.45) is 0.755. The van der Waals surface area contributed by atoms with E-state index >= 15 is 0 Å². The molecular weight excluding hydrogens is 723 g/mol. The van der Waals surface area contributed by atoms with E-state index in [4.69, 9.17) is 14.2 Å². The lowest BCUT2D eigenvalue weighted by Crippen LogP contribution is -2.32. The number of anilines is 1. The van der Waals surface area contributed by atoms with Gasteiger partial charge in [-0.3, -0.25) is 14.4 Å². The molecule has 4 aromatic rings. The summed E-state index contributed by atoms with van der Waals surface area (Å²) in [7, 11) is 1.21. The monoisotopic (exact) mass is 769 g/mol. The molecule has 55 heavy (non-hydrogen) atoms. The van der Waals surface area contributed by atoms with Crippen molar-refractivity contribution in [2.24, 2.45) is 5.92 Å². The van der Waals surface area contributed by atoms with Crippen molar-refractivity contribution in [2.45, 2.75) is 66.5 Å². The number of thiophene rings is 1. The average molecular weight is 770 g/mol. The van der Waals surface area contributed by atoms with E-state index in [9.17, 15) is 24.0 Å². The molecule has 0 saturated heterocycles. The summed E-state index contributed by atoms with van der Waals surface area (Å²) >= 11 is 1.52. The van der Waals surface area contributed by atoms with E-state index in [2.05, 4.69) is 26.3 Å². The summed E-state index contributed by atoms with van der Waals surface area (Å²) in [5.41, 5.74) is 2.61. The van der Waals surface area contributed by atoms with E-state index in [0.29, 0.717) is 55.0 Å². The van der Waals surface area contributed by atoms with Gasteiger partial charge in [0.05, 0.1) is 25.0 Å². The van der Waals surface area contributed by atoms with Gasteiger partial charge in [0, 0.05) is 53.2 Å². The van der Waals surface area contributed by atoms with E-state index in [1.165, 1.54) is 24.5 Å². The van der Waals surface area contributed by atoms with Crippen molar-refractivity contribution in [1.29, 1.82) is 0 Å². The van der Waals surface area contributed by atoms with Crippen LogP contribution < -0.4 is 26.0 Å². The Hall–Kier alpha value is -5.76. The maximum Gasteiger partial charge on any atom is 0.407 e. The first-order valence-electron chi connectivity index (χ1n) is 18.1. The van der Waals surface area contributed by atoms with E-state index in [1.807, 2.05) is 32.2 Å². The van der Waals surface area contributed by atoms with Crippen LogP contribution in [0, 0.1) is 5.92 Å². The fourth-order valence-electron chi connectivity index (χ4n) is 5.78. The van der Waals surface area contributed by atoms with Gasteiger partial charge in [-0.15, -0.1) is 11.3 Å². The highest BCUT2D eigenvalue weighted by atomic mass is 32.1. The first-order chi connectivity index (χ1) is 26.2. The fourth-order valence-corrected chi connectivity index (χ4v) is 6.76. The number of rotatable bonds is 12. The van der Waals surface area contributed by atoms with Crippen molar-refractivity contribution in [2.75, 3.05) is 32.1 Å². The lowest BCUT2D eigenvalue weighted by atomic mass is 9.93. The van der Waals surface area contributed by atoms with Gasteiger partial charge in [0.15, 0.2) is 5.69 Å². The van der Waals surface area contributed by atoms with Crippen molar-refractivity contribution in [3.63, 3.8) is 0 Å². The average Bonchev–Trinajstić information content (AvgIpc) is 3.55. The minimum atomic E-state index is -0.803. The SMILES string of the molecule is CCCNC(=O)c1ccc(-c2cc3c(cc2C(=O)Nc2ccc(CNC(=O)OC(C)(C)C)cc2C(=O)NCC(C)C)-c2sccc2CCO3)c(C(=O)OC)n1. The molecule has 2 aromatic heterocycles. The quantitative estimate of drug-likeness (QED) is 0.111. The molecule has 13 nitrogen and oxygen atoms in total. The molecule has 1 aliphatic heterocycles. The summed E-state index contributed by atoms with van der Waals surface area (Å²) < 4.78 is 16.6. The number of carbonyl (C=O) groups is 5. The predicted octanol–water partition coefficient (Wildman–Crippen LogP) is 7.00. The van der Waals surface area contributed by atoms with Gasteiger partial charge in [-0.25, -0.2) is 14.6 Å². The van der Waals surface area contributed by atoms with Crippen LogP contribution in [-0.2, 0) is 22.4 Å². The van der Waals surface area contributed by atoms with Gasteiger partial charge in [0.1, 0.15) is 17.0 Å². The fraction of sp³-hybridized carbons (Fsp3) is 0.366. The van der Waals surface area contributed by atoms with Crippen molar-refractivity contribution in [3.05, 3.63) is 87.6 Å². The smallest absolute Gasteiger partial charge is 0.407 e. The largest absolute Gasteiger partial charge is 0.493 e. The number of esters is 1. The normalized spacial score (nSPS) is 12.0. The standard InChI is InChI=1S/C41H47N5O8S/c1-8-15-42-38(49)32-12-10-26(34(45-32)39(50)52-7)27-20-33-30(35-25(13-16-53-33)14-17-55-35)19-28(27)37(48)46-31-11-9-24(22-44-40(51)54-41(4,5)6)18-29(31)36(47)43-21-23(2)3/h9-12,14,17-20,23H,8,13,15-16,21-22H2,1-7H3,(H,42,49)(H,43,47)(H,44,51)(H,46,48). The second-order valence-electron chi connectivity index (χ2n) is 14.4. The lowest BCUT2D eigenvalue weighted by Gasteiger charge is -2.20. The molecule has 3 heterocycles. The molecule has 0 spiro atoms. The minimum absolute atomic E-state index is 0.0103. The number of carbonyl (C=O) groups excluding carboxylic acids is 5. The van der Waals surface area contributed by atoms with Crippen LogP contribution in [0.4, 0.5) is 10.5 Å². The number of hydrogen-bond acceptors (Lipinski definition) is 10. The zero-order chi connectivity index (χ0) is 39.9. The third-order valence-electron chi connectivity index (χ3n) is 8.40. The third-order valence-corrected chi connectivity index (χ3v) is 9.39. The summed E-state index contributed by atoms with van der Waals surface area (Å²) in [4.78, 5) is 72.0. The number of aromatic nitrogens is 1. The van der Waals surface area contributed by atoms with E-state index < -0.39 is 35.4 Å². The van der Waals surface area contributed by atoms with Gasteiger partial charge in [0.2, 0.25) is 0 Å². The van der Waals surface area contributed by atoms with Gasteiger partial charge < -0.3 is 35.5 Å². The van der Waals surface area contributed by atoms with Crippen LogP contribution in [0.2, 0.25) is 0 Å². The maximum absolute atomic E-state index is 14.6. The number of nitrogens with zero attached hydrogens (tertiary/aromatic N) is 1. The van der Waals surface area contributed by atoms with Crippen molar-refractivity contribution in [3.8, 4) is 27.3 Å². The molecule has 2 aromatic carbocycles. The number of alkyl carbamates (subject to hydrolysis) is 1. The highest BCUT2D eigenvalue weighted by Gasteiger charge is 2.28. The number of ether oxygens (including phenoxy) is 3. The molecule has 0 unspecified atom stereocenters. The van der Waals surface area contributed by atoms with Crippen molar-refractivity contribution >= 4 is 46.8 Å². The maximum atomic E-state index is 14.6. The summed E-state index contributed by atoms with van der Waals surface area (Å²) in [5.74, 6) is -1.60. The van der Waals surface area contributed by atoms with Crippen LogP contribution in [0.5, 0.6) is 5.75 Å². The predicted molar refractivity (Wildman–Crippen MR) is 211 cm³/mol. The van der Waals surface area contributed by atoms with Gasteiger partial charge >= 0.3 is 12.1 Å². The zero-order valence-electron chi connectivity index (χ0n) is 32.1. The van der Waals surface area contributed by atoms with Gasteiger partial charge in [0.25, 0.3) is 17.7 Å². The molecule has 0 radical (unpaired) electrons. The number of pyridine rings is 1. The van der Waals surface area contributed by atoms with Crippen LogP contribution >= 0.6 is 11.3 Å². The Morgan fingerprint density at radius 3 is 2.38 bits per heavy atom. The Bertz CT molecular complexity index is 2100. The number of hydrogen-bond donors (Lipinski definition) is 4. The highest BCUT2D eigenvalue weighted by Crippen LogP contribution is 2.43. The van der Waals surface area contributed by atoms with Crippen LogP contribution in [0.25, 0.3) is 21.6 Å². The first kappa shape index (κ1) is 40.4. The lowest BCUT2D eigenvalue weighted by molar-refractivity contribution is 0.0521. The van der Waals surface area contributed by atoms with E-state index in [-0.39, 0.29) is 46.2 Å². The van der Waals surface area contributed by atoms with Gasteiger partial charge in [-0.2, -0.15) is 0 Å². The molecule has 0 bridgehead atoms. The number of fused-ring (bicyclic) bond motifs is 3. The molecule has 14 heteroatoms. The Balaban J connectivity index is 1.61. The van der Waals surface area contributed by atoms with E-state index in [1.54, 1.807) is 57.2 Å². The molecule has 0 aliphatic carbocycles. The van der Waals surface area contributed by atoms with E-state index in [0.717, 1.165) is 10.4 Å². The number of benzene rings is 2. The van der Waals surface area contributed by atoms with Crippen LogP contribution in [0.3, 0.4) is 0 Å². The Labute approximate surface area is 324 Å².